The number of hydrogen-bond donors (Lipinski definition) is 2. The van der Waals surface area contributed by atoms with E-state index in [9.17, 15) is 18.3 Å². The van der Waals surface area contributed by atoms with E-state index in [1.165, 1.54) is 12.1 Å². The zero-order valence-corrected chi connectivity index (χ0v) is 28.1. The van der Waals surface area contributed by atoms with Gasteiger partial charge in [-0.2, -0.15) is 9.97 Å². The largest absolute Gasteiger partial charge is 0.507 e. The third-order valence-corrected chi connectivity index (χ3v) is 12.4. The Morgan fingerprint density at radius 3 is 2.47 bits per heavy atom. The SMILES string of the molecule is C#Cc1c(F)ccc2c(-c3cc4nc(OCC5(CN6CCC7(CC6)CC7(F)F)CC5)nc(N5C[C@H]6CC[C@@H](C5)N6)c4n4ccnc34)c(O)ccc12. The van der Waals surface area contributed by atoms with E-state index < -0.39 is 17.2 Å². The Balaban J connectivity index is 1.04. The first kappa shape index (κ1) is 31.2. The third-order valence-electron chi connectivity index (χ3n) is 12.4. The maximum atomic E-state index is 14.8. The standard InChI is InChI=1S/C39H38F3N7O2/c1-2-25-26-6-8-31(50)32(27(26)5-7-29(25)40)28-17-30-33(49-16-13-43-34(28)49)35(48-18-23-3-4-24(19-48)44-23)46-36(45-30)51-22-37(9-10-37)21-47-14-11-38(12-15-47)20-39(38,41)42/h1,5-8,13,16-17,23-24,44,50H,3-4,9-12,14-15,18-22H2/t23-,24+. The van der Waals surface area contributed by atoms with E-state index >= 15 is 0 Å². The van der Waals surface area contributed by atoms with E-state index in [1.54, 1.807) is 18.3 Å². The van der Waals surface area contributed by atoms with Gasteiger partial charge in [0.05, 0.1) is 17.7 Å². The van der Waals surface area contributed by atoms with Crippen LogP contribution in [0.4, 0.5) is 19.0 Å². The molecule has 1 spiro atoms. The summed E-state index contributed by atoms with van der Waals surface area (Å²) < 4.78 is 51.2. The normalized spacial score (nSPS) is 24.4. The maximum absolute atomic E-state index is 14.8. The number of phenolic OH excluding ortho intramolecular Hbond substituents is 1. The number of aromatic hydroxyl groups is 1. The van der Waals surface area contributed by atoms with Crippen molar-refractivity contribution < 1.29 is 23.0 Å². The first-order chi connectivity index (χ1) is 24.6. The molecule has 12 heteroatoms. The lowest BCUT2D eigenvalue weighted by atomic mass is 9.92. The van der Waals surface area contributed by atoms with Crippen LogP contribution in [0.25, 0.3) is 38.6 Å². The number of hydrogen-bond acceptors (Lipinski definition) is 8. The number of terminal acetylenes is 1. The first-order valence-corrected chi connectivity index (χ1v) is 18.0. The van der Waals surface area contributed by atoms with Gasteiger partial charge in [0.1, 0.15) is 22.7 Å². The average molecular weight is 694 g/mol. The molecule has 0 unspecified atom stereocenters. The van der Waals surface area contributed by atoms with Crippen molar-refractivity contribution >= 4 is 33.3 Å². The van der Waals surface area contributed by atoms with Crippen LogP contribution in [-0.4, -0.2) is 86.7 Å². The smallest absolute Gasteiger partial charge is 0.319 e. The van der Waals surface area contributed by atoms with Gasteiger partial charge in [-0.25, -0.2) is 18.2 Å². The second kappa shape index (κ2) is 11.0. The number of phenols is 1. The topological polar surface area (TPSA) is 91.1 Å². The highest BCUT2D eigenvalue weighted by molar-refractivity contribution is 6.07. The van der Waals surface area contributed by atoms with E-state index in [4.69, 9.17) is 26.1 Å². The fourth-order valence-corrected chi connectivity index (χ4v) is 9.17. The predicted octanol–water partition coefficient (Wildman–Crippen LogP) is 6.14. The zero-order chi connectivity index (χ0) is 34.7. The lowest BCUT2D eigenvalue weighted by Gasteiger charge is -2.35. The number of rotatable bonds is 7. The Bertz CT molecular complexity index is 2280. The van der Waals surface area contributed by atoms with Crippen LogP contribution in [-0.2, 0) is 0 Å². The minimum atomic E-state index is -2.49. The molecule has 5 fully saturated rings. The Hall–Kier alpha value is -4.60. The molecule has 2 bridgehead atoms. The highest BCUT2D eigenvalue weighted by Crippen LogP contribution is 2.66. The van der Waals surface area contributed by atoms with Crippen molar-refractivity contribution in [1.82, 2.24) is 29.6 Å². The number of nitrogens with zero attached hydrogens (tertiary/aromatic N) is 6. The molecule has 10 rings (SSSR count). The highest BCUT2D eigenvalue weighted by atomic mass is 19.3. The van der Waals surface area contributed by atoms with Crippen molar-refractivity contribution in [3.8, 4) is 35.2 Å². The van der Waals surface area contributed by atoms with Crippen molar-refractivity contribution in [3.05, 3.63) is 54.1 Å². The first-order valence-electron chi connectivity index (χ1n) is 18.0. The molecular weight excluding hydrogens is 655 g/mol. The number of ether oxygens (including phenoxy) is 1. The molecule has 2 N–H and O–H groups in total. The molecule has 5 aromatic rings. The number of fused-ring (bicyclic) bond motifs is 6. The zero-order valence-electron chi connectivity index (χ0n) is 28.1. The molecule has 0 amide bonds. The Morgan fingerprint density at radius 2 is 1.76 bits per heavy atom. The number of benzene rings is 2. The van der Waals surface area contributed by atoms with Crippen LogP contribution >= 0.6 is 0 Å². The molecule has 3 aromatic heterocycles. The Labute approximate surface area is 292 Å². The van der Waals surface area contributed by atoms with E-state index in [2.05, 4.69) is 21.0 Å². The highest BCUT2D eigenvalue weighted by Gasteiger charge is 2.70. The number of pyridine rings is 1. The monoisotopic (exact) mass is 693 g/mol. The van der Waals surface area contributed by atoms with Gasteiger partial charge in [-0.15, -0.1) is 6.42 Å². The minimum absolute atomic E-state index is 0.00970. The summed E-state index contributed by atoms with van der Waals surface area (Å²) in [6.45, 7) is 4.23. The maximum Gasteiger partial charge on any atom is 0.319 e. The van der Waals surface area contributed by atoms with Crippen LogP contribution in [0.3, 0.4) is 0 Å². The van der Waals surface area contributed by atoms with Gasteiger partial charge in [0, 0.05) is 77.9 Å². The number of aromatic nitrogens is 4. The fraction of sp³-hybridized carbons (Fsp3) is 0.462. The number of imidazole rings is 1. The summed E-state index contributed by atoms with van der Waals surface area (Å²) >= 11 is 0. The van der Waals surface area contributed by atoms with Gasteiger partial charge in [-0.05, 0) is 81.3 Å². The number of piperazine rings is 1. The van der Waals surface area contributed by atoms with Crippen molar-refractivity contribution in [2.45, 2.75) is 63.0 Å². The molecule has 2 saturated carbocycles. The second-order valence-corrected chi connectivity index (χ2v) is 15.6. The van der Waals surface area contributed by atoms with Gasteiger partial charge in [-0.1, -0.05) is 12.0 Å². The van der Waals surface area contributed by atoms with Crippen molar-refractivity contribution in [2.24, 2.45) is 10.8 Å². The van der Waals surface area contributed by atoms with Gasteiger partial charge < -0.3 is 25.0 Å². The summed E-state index contributed by atoms with van der Waals surface area (Å²) in [5, 5.41) is 16.1. The summed E-state index contributed by atoms with van der Waals surface area (Å²) in [4.78, 5) is 19.4. The molecule has 0 radical (unpaired) electrons. The second-order valence-electron chi connectivity index (χ2n) is 15.6. The van der Waals surface area contributed by atoms with Crippen molar-refractivity contribution in [2.75, 3.05) is 44.2 Å². The van der Waals surface area contributed by atoms with E-state index in [0.29, 0.717) is 77.7 Å². The Morgan fingerprint density at radius 1 is 1.02 bits per heavy atom. The van der Waals surface area contributed by atoms with E-state index in [-0.39, 0.29) is 29.2 Å². The van der Waals surface area contributed by atoms with Crippen LogP contribution in [0.5, 0.6) is 11.8 Å². The van der Waals surface area contributed by atoms with Gasteiger partial charge >= 0.3 is 6.01 Å². The molecule has 5 aliphatic rings. The molecule has 3 saturated heterocycles. The third kappa shape index (κ3) is 4.95. The van der Waals surface area contributed by atoms with Crippen molar-refractivity contribution in [1.29, 1.82) is 0 Å². The fourth-order valence-electron chi connectivity index (χ4n) is 9.17. The molecule has 9 nitrogen and oxygen atoms in total. The van der Waals surface area contributed by atoms with Gasteiger partial charge in [0.2, 0.25) is 0 Å². The number of alkyl halides is 2. The van der Waals surface area contributed by atoms with Crippen LogP contribution < -0.4 is 15.0 Å². The van der Waals surface area contributed by atoms with E-state index in [1.807, 2.05) is 16.7 Å². The predicted molar refractivity (Wildman–Crippen MR) is 188 cm³/mol. The molecule has 2 aliphatic carbocycles. The van der Waals surface area contributed by atoms with Gasteiger partial charge in [0.25, 0.3) is 5.92 Å². The summed E-state index contributed by atoms with van der Waals surface area (Å²) in [5.41, 5.74) is 2.41. The molecular formula is C39H38F3N7O2. The molecule has 2 aromatic carbocycles. The summed E-state index contributed by atoms with van der Waals surface area (Å²) in [7, 11) is 0. The lowest BCUT2D eigenvalue weighted by Crippen LogP contribution is -2.51. The molecule has 51 heavy (non-hydrogen) atoms. The number of piperidine rings is 1. The van der Waals surface area contributed by atoms with Crippen LogP contribution in [0.2, 0.25) is 0 Å². The van der Waals surface area contributed by atoms with Crippen LogP contribution in [0.1, 0.15) is 50.5 Å². The number of halogens is 3. The quantitative estimate of drug-likeness (QED) is 0.197. The van der Waals surface area contributed by atoms with Crippen LogP contribution in [0, 0.1) is 29.0 Å². The minimum Gasteiger partial charge on any atom is -0.507 e. The molecule has 262 valence electrons. The summed E-state index contributed by atoms with van der Waals surface area (Å²) in [6.07, 6.45) is 14.7. The average Bonchev–Trinajstić information content (AvgIpc) is 3.82. The molecule has 3 aliphatic heterocycles. The van der Waals surface area contributed by atoms with Gasteiger partial charge in [0.15, 0.2) is 5.82 Å². The summed E-state index contributed by atoms with van der Waals surface area (Å²) in [5.74, 6) is 0.245. The van der Waals surface area contributed by atoms with Gasteiger partial charge in [-0.3, -0.25) is 4.40 Å². The molecule has 6 heterocycles. The lowest BCUT2D eigenvalue weighted by molar-refractivity contribution is 0.0252. The number of likely N-dealkylation sites (tertiary alicyclic amines) is 1. The van der Waals surface area contributed by atoms with Crippen molar-refractivity contribution in [3.63, 3.8) is 0 Å². The number of nitrogens with one attached hydrogen (secondary N) is 1. The summed E-state index contributed by atoms with van der Waals surface area (Å²) in [6, 6.07) is 9.04. The van der Waals surface area contributed by atoms with Crippen LogP contribution in [0.15, 0.2) is 42.7 Å². The van der Waals surface area contributed by atoms with E-state index in [0.717, 1.165) is 56.7 Å². The molecule has 2 atom stereocenters. The number of anilines is 1. The Kier molecular flexibility index (Phi) is 6.69.